The van der Waals surface area contributed by atoms with Crippen molar-refractivity contribution in [1.29, 1.82) is 0 Å². The highest BCUT2D eigenvalue weighted by molar-refractivity contribution is 8.18. The van der Waals surface area contributed by atoms with Crippen LogP contribution < -0.4 is 14.8 Å². The molecule has 2 aliphatic rings. The molecule has 0 radical (unpaired) electrons. The molecule has 0 bridgehead atoms. The molecule has 3 rings (SSSR count). The van der Waals surface area contributed by atoms with E-state index >= 15 is 0 Å². The molecule has 32 heavy (non-hydrogen) atoms. The van der Waals surface area contributed by atoms with Crippen LogP contribution in [0, 0.1) is 5.92 Å². The van der Waals surface area contributed by atoms with Gasteiger partial charge in [-0.25, -0.2) is 0 Å². The monoisotopic (exact) mass is 470 g/mol. The Balaban J connectivity index is 1.55. The van der Waals surface area contributed by atoms with E-state index in [9.17, 15) is 23.2 Å². The van der Waals surface area contributed by atoms with Gasteiger partial charge < -0.3 is 19.5 Å². The standard InChI is InChI=1S/C21H24F2N2O6S/c1-12(30-11-13-3-4-13)18(26)24-7-8-25-19(27)17(32-21(25)28)10-14-5-6-15(31-20(22)23)16(9-14)29-2/h5-6,9-10,12-13,20H,3-4,7-8,11H2,1-2H3,(H,24,26)/b17-10-. The average molecular weight is 470 g/mol. The summed E-state index contributed by atoms with van der Waals surface area (Å²) in [5, 5.41) is 2.21. The van der Waals surface area contributed by atoms with Gasteiger partial charge in [-0.3, -0.25) is 19.3 Å². The van der Waals surface area contributed by atoms with Crippen molar-refractivity contribution in [2.75, 3.05) is 26.8 Å². The molecule has 8 nitrogen and oxygen atoms in total. The number of thioether (sulfide) groups is 1. The molecule has 0 spiro atoms. The predicted octanol–water partition coefficient (Wildman–Crippen LogP) is 3.26. The molecule has 1 heterocycles. The number of rotatable bonds is 11. The van der Waals surface area contributed by atoms with Crippen molar-refractivity contribution in [3.05, 3.63) is 28.7 Å². The fourth-order valence-electron chi connectivity index (χ4n) is 2.89. The first-order valence-corrected chi connectivity index (χ1v) is 10.9. The molecule has 1 saturated carbocycles. The summed E-state index contributed by atoms with van der Waals surface area (Å²) in [6.45, 7) is -0.656. The minimum absolute atomic E-state index is 0.0214. The zero-order valence-electron chi connectivity index (χ0n) is 17.6. The molecule has 1 aromatic rings. The summed E-state index contributed by atoms with van der Waals surface area (Å²) < 4.78 is 39.8. The Labute approximate surface area is 188 Å². The number of alkyl halides is 2. The summed E-state index contributed by atoms with van der Waals surface area (Å²) in [6, 6.07) is 4.19. The van der Waals surface area contributed by atoms with E-state index < -0.39 is 23.9 Å². The number of benzene rings is 1. The van der Waals surface area contributed by atoms with Gasteiger partial charge in [-0.05, 0) is 61.2 Å². The number of hydrogen-bond acceptors (Lipinski definition) is 7. The van der Waals surface area contributed by atoms with E-state index in [-0.39, 0.29) is 35.4 Å². The summed E-state index contributed by atoms with van der Waals surface area (Å²) in [4.78, 5) is 38.1. The number of ether oxygens (including phenoxy) is 3. The quantitative estimate of drug-likeness (QED) is 0.496. The fraction of sp³-hybridized carbons (Fsp3) is 0.476. The van der Waals surface area contributed by atoms with Gasteiger partial charge in [0.25, 0.3) is 11.1 Å². The van der Waals surface area contributed by atoms with Crippen LogP contribution in [0.5, 0.6) is 11.5 Å². The molecular weight excluding hydrogens is 446 g/mol. The number of nitrogens with one attached hydrogen (secondary N) is 1. The van der Waals surface area contributed by atoms with Crippen molar-refractivity contribution in [2.24, 2.45) is 5.92 Å². The maximum Gasteiger partial charge on any atom is 0.387 e. The number of methoxy groups -OCH3 is 1. The van der Waals surface area contributed by atoms with E-state index in [1.807, 2.05) is 0 Å². The Morgan fingerprint density at radius 1 is 1.31 bits per heavy atom. The number of halogens is 2. The van der Waals surface area contributed by atoms with Crippen molar-refractivity contribution >= 4 is 34.9 Å². The molecular formula is C21H24F2N2O6S. The Morgan fingerprint density at radius 2 is 2.06 bits per heavy atom. The van der Waals surface area contributed by atoms with Crippen molar-refractivity contribution in [2.45, 2.75) is 32.5 Å². The van der Waals surface area contributed by atoms with E-state index in [1.165, 1.54) is 31.4 Å². The zero-order valence-corrected chi connectivity index (χ0v) is 18.5. The van der Waals surface area contributed by atoms with Crippen molar-refractivity contribution in [3.8, 4) is 11.5 Å². The maximum atomic E-state index is 12.6. The van der Waals surface area contributed by atoms with Crippen LogP contribution in [0.1, 0.15) is 25.3 Å². The number of carbonyl (C=O) groups excluding carboxylic acids is 3. The molecule has 11 heteroatoms. The van der Waals surface area contributed by atoms with Crippen LogP contribution in [0.2, 0.25) is 0 Å². The van der Waals surface area contributed by atoms with Gasteiger partial charge in [0.05, 0.1) is 18.6 Å². The summed E-state index contributed by atoms with van der Waals surface area (Å²) in [5.74, 6) is -0.330. The lowest BCUT2D eigenvalue weighted by Gasteiger charge is -2.16. The van der Waals surface area contributed by atoms with Crippen LogP contribution in [-0.2, 0) is 14.3 Å². The highest BCUT2D eigenvalue weighted by atomic mass is 32.2. The van der Waals surface area contributed by atoms with Gasteiger partial charge in [0.1, 0.15) is 6.10 Å². The normalized spacial score (nSPS) is 18.4. The largest absolute Gasteiger partial charge is 0.493 e. The lowest BCUT2D eigenvalue weighted by atomic mass is 10.2. The van der Waals surface area contributed by atoms with E-state index in [4.69, 9.17) is 9.47 Å². The lowest BCUT2D eigenvalue weighted by molar-refractivity contribution is -0.132. The Hall–Kier alpha value is -2.66. The van der Waals surface area contributed by atoms with Gasteiger partial charge in [-0.2, -0.15) is 8.78 Å². The topological polar surface area (TPSA) is 94.2 Å². The van der Waals surface area contributed by atoms with E-state index in [1.54, 1.807) is 6.92 Å². The Morgan fingerprint density at radius 3 is 2.72 bits per heavy atom. The molecule has 0 aromatic heterocycles. The van der Waals surface area contributed by atoms with Gasteiger partial charge in [-0.15, -0.1) is 0 Å². The van der Waals surface area contributed by atoms with E-state index in [2.05, 4.69) is 10.1 Å². The third-order valence-electron chi connectivity index (χ3n) is 4.86. The van der Waals surface area contributed by atoms with Crippen LogP contribution >= 0.6 is 11.8 Å². The summed E-state index contributed by atoms with van der Waals surface area (Å²) in [5.41, 5.74) is 0.476. The second kappa shape index (κ2) is 10.8. The van der Waals surface area contributed by atoms with Crippen LogP contribution in [0.4, 0.5) is 13.6 Å². The Bertz CT molecular complexity index is 906. The van der Waals surface area contributed by atoms with E-state index in [0.29, 0.717) is 18.1 Å². The van der Waals surface area contributed by atoms with Gasteiger partial charge in [0, 0.05) is 13.1 Å². The molecule has 1 N–H and O–H groups in total. The van der Waals surface area contributed by atoms with Gasteiger partial charge in [-0.1, -0.05) is 6.07 Å². The van der Waals surface area contributed by atoms with Crippen molar-refractivity contribution < 1.29 is 37.4 Å². The third kappa shape index (κ3) is 6.42. The van der Waals surface area contributed by atoms with Gasteiger partial charge >= 0.3 is 6.61 Å². The minimum Gasteiger partial charge on any atom is -0.493 e. The molecule has 2 fully saturated rings. The SMILES string of the molecule is COc1cc(/C=C2\SC(=O)N(CCNC(=O)C(C)OCC3CC3)C2=O)ccc1OC(F)F. The first kappa shape index (κ1) is 24.0. The third-order valence-corrected chi connectivity index (χ3v) is 5.77. The predicted molar refractivity (Wildman–Crippen MR) is 113 cm³/mol. The molecule has 1 unspecified atom stereocenters. The van der Waals surface area contributed by atoms with Crippen LogP contribution in [0.25, 0.3) is 6.08 Å². The number of nitrogens with zero attached hydrogens (tertiary/aromatic N) is 1. The first-order chi connectivity index (χ1) is 15.3. The summed E-state index contributed by atoms with van der Waals surface area (Å²) >= 11 is 0.757. The van der Waals surface area contributed by atoms with Crippen LogP contribution in [-0.4, -0.2) is 61.5 Å². The maximum absolute atomic E-state index is 12.6. The second-order valence-electron chi connectivity index (χ2n) is 7.33. The molecule has 1 atom stereocenters. The first-order valence-electron chi connectivity index (χ1n) is 10.1. The summed E-state index contributed by atoms with van der Waals surface area (Å²) in [6.07, 6.45) is 3.12. The number of hydrogen-bond donors (Lipinski definition) is 1. The molecule has 1 aliphatic carbocycles. The highest BCUT2D eigenvalue weighted by Gasteiger charge is 2.35. The molecule has 174 valence electrons. The second-order valence-corrected chi connectivity index (χ2v) is 8.33. The average Bonchev–Trinajstić information content (AvgIpc) is 3.54. The zero-order chi connectivity index (χ0) is 23.3. The van der Waals surface area contributed by atoms with Crippen molar-refractivity contribution in [3.63, 3.8) is 0 Å². The molecule has 1 aromatic carbocycles. The van der Waals surface area contributed by atoms with E-state index in [0.717, 1.165) is 29.5 Å². The highest BCUT2D eigenvalue weighted by Crippen LogP contribution is 2.35. The van der Waals surface area contributed by atoms with Gasteiger partial charge in [0.15, 0.2) is 11.5 Å². The smallest absolute Gasteiger partial charge is 0.387 e. The molecule has 1 aliphatic heterocycles. The van der Waals surface area contributed by atoms with Crippen molar-refractivity contribution in [1.82, 2.24) is 10.2 Å². The number of carbonyl (C=O) groups is 3. The van der Waals surface area contributed by atoms with Crippen LogP contribution in [0.15, 0.2) is 23.1 Å². The summed E-state index contributed by atoms with van der Waals surface area (Å²) in [7, 11) is 1.30. The lowest BCUT2D eigenvalue weighted by Crippen LogP contribution is -2.41. The number of amides is 3. The molecule has 1 saturated heterocycles. The fourth-order valence-corrected chi connectivity index (χ4v) is 3.75. The molecule has 3 amide bonds. The number of imide groups is 1. The van der Waals surface area contributed by atoms with Gasteiger partial charge in [0.2, 0.25) is 5.91 Å². The minimum atomic E-state index is -3.00. The Kier molecular flexibility index (Phi) is 8.08. The van der Waals surface area contributed by atoms with Crippen LogP contribution in [0.3, 0.4) is 0 Å².